The van der Waals surface area contributed by atoms with Gasteiger partial charge in [0.05, 0.1) is 12.1 Å². The predicted octanol–water partition coefficient (Wildman–Crippen LogP) is -1.67. The topological polar surface area (TPSA) is 75.4 Å². The molecule has 2 rings (SSSR count). The zero-order valence-electron chi connectivity index (χ0n) is 15.1. The average Bonchev–Trinajstić information content (AvgIpc) is 2.56. The first-order chi connectivity index (χ1) is 11.6. The number of nitrogens with zero attached hydrogens (tertiary/aromatic N) is 1. The van der Waals surface area contributed by atoms with Crippen LogP contribution in [0.2, 0.25) is 5.02 Å². The van der Waals surface area contributed by atoms with Crippen molar-refractivity contribution in [3.8, 4) is 0 Å². The molecule has 1 aliphatic heterocycles. The lowest BCUT2D eigenvalue weighted by Gasteiger charge is -2.30. The highest BCUT2D eigenvalue weighted by atomic mass is 35.5. The molecule has 1 heterocycles. The smallest absolute Gasteiger partial charge is 0.282 e. The standard InChI is InChI=1S/C16H25ClN4O3S/c1-12(21-9-7-20(4)8-10-21)16(22)18-13-5-6-14(17)15(11-13)25(23,24)19(2)3/h5-6,11-12H,7-10H2,1-4H3,(H,18,22)/p+2/t12-/m1/s1. The van der Waals surface area contributed by atoms with E-state index in [-0.39, 0.29) is 21.9 Å². The van der Waals surface area contributed by atoms with E-state index in [1.54, 1.807) is 6.07 Å². The fourth-order valence-corrected chi connectivity index (χ4v) is 4.24. The molecule has 1 fully saturated rings. The van der Waals surface area contributed by atoms with Gasteiger partial charge in [-0.15, -0.1) is 0 Å². The van der Waals surface area contributed by atoms with Gasteiger partial charge in [-0.2, -0.15) is 0 Å². The fraction of sp³-hybridized carbons (Fsp3) is 0.562. The number of quaternary nitrogens is 2. The molecule has 1 saturated heterocycles. The van der Waals surface area contributed by atoms with Crippen molar-refractivity contribution in [2.75, 3.05) is 52.6 Å². The zero-order chi connectivity index (χ0) is 18.8. The van der Waals surface area contributed by atoms with E-state index in [9.17, 15) is 13.2 Å². The van der Waals surface area contributed by atoms with Gasteiger partial charge in [0, 0.05) is 19.8 Å². The first-order valence-corrected chi connectivity index (χ1v) is 10.1. The Morgan fingerprint density at radius 2 is 1.84 bits per heavy atom. The normalized spacial score (nSPS) is 22.6. The summed E-state index contributed by atoms with van der Waals surface area (Å²) in [6, 6.07) is 4.32. The number of nitrogens with one attached hydrogen (secondary N) is 3. The summed E-state index contributed by atoms with van der Waals surface area (Å²) in [5.41, 5.74) is 0.431. The Bertz CT molecular complexity index is 731. The summed E-state index contributed by atoms with van der Waals surface area (Å²) in [4.78, 5) is 15.3. The van der Waals surface area contributed by atoms with Crippen molar-refractivity contribution >= 4 is 33.2 Å². The monoisotopic (exact) mass is 390 g/mol. The van der Waals surface area contributed by atoms with E-state index in [0.29, 0.717) is 5.69 Å². The second-order valence-electron chi connectivity index (χ2n) is 6.76. The van der Waals surface area contributed by atoms with Crippen LogP contribution in [0.5, 0.6) is 0 Å². The first-order valence-electron chi connectivity index (χ1n) is 8.31. The van der Waals surface area contributed by atoms with Crippen LogP contribution in [-0.4, -0.2) is 72.0 Å². The number of halogens is 1. The largest absolute Gasteiger partial charge is 0.328 e. The van der Waals surface area contributed by atoms with Gasteiger partial charge in [-0.05, 0) is 25.1 Å². The van der Waals surface area contributed by atoms with Crippen LogP contribution in [0.1, 0.15) is 6.92 Å². The third-order valence-electron chi connectivity index (χ3n) is 4.71. The van der Waals surface area contributed by atoms with Crippen LogP contribution in [0, 0.1) is 0 Å². The van der Waals surface area contributed by atoms with Crippen LogP contribution in [0.25, 0.3) is 0 Å². The molecule has 140 valence electrons. The van der Waals surface area contributed by atoms with Crippen LogP contribution >= 0.6 is 11.6 Å². The number of sulfonamides is 1. The van der Waals surface area contributed by atoms with Crippen LogP contribution in [0.15, 0.2) is 23.1 Å². The van der Waals surface area contributed by atoms with E-state index in [1.165, 1.54) is 36.0 Å². The van der Waals surface area contributed by atoms with Crippen molar-refractivity contribution in [1.82, 2.24) is 4.31 Å². The molecule has 3 N–H and O–H groups in total. The first kappa shape index (κ1) is 20.1. The molecule has 0 spiro atoms. The number of hydrogen-bond donors (Lipinski definition) is 3. The second-order valence-corrected chi connectivity index (χ2v) is 9.29. The Morgan fingerprint density at radius 3 is 2.40 bits per heavy atom. The summed E-state index contributed by atoms with van der Waals surface area (Å²) >= 11 is 6.03. The molecule has 0 unspecified atom stereocenters. The average molecular weight is 391 g/mol. The van der Waals surface area contributed by atoms with Gasteiger partial charge in [0.2, 0.25) is 10.0 Å². The van der Waals surface area contributed by atoms with E-state index in [4.69, 9.17) is 11.6 Å². The molecule has 0 radical (unpaired) electrons. The van der Waals surface area contributed by atoms with E-state index in [0.717, 1.165) is 30.5 Å². The fourth-order valence-electron chi connectivity index (χ4n) is 2.84. The molecule has 0 bridgehead atoms. The lowest BCUT2D eigenvalue weighted by atomic mass is 10.2. The molecule has 7 nitrogen and oxygen atoms in total. The summed E-state index contributed by atoms with van der Waals surface area (Å²) in [6.45, 7) is 5.87. The van der Waals surface area contributed by atoms with Crippen LogP contribution in [0.4, 0.5) is 5.69 Å². The predicted molar refractivity (Wildman–Crippen MR) is 97.7 cm³/mol. The Hall–Kier alpha value is -1.19. The third kappa shape index (κ3) is 4.71. The van der Waals surface area contributed by atoms with Gasteiger partial charge in [-0.1, -0.05) is 11.6 Å². The van der Waals surface area contributed by atoms with Gasteiger partial charge in [0.15, 0.2) is 6.04 Å². The second kappa shape index (κ2) is 8.01. The van der Waals surface area contributed by atoms with Gasteiger partial charge in [0.25, 0.3) is 5.91 Å². The number of carbonyl (C=O) groups excluding carboxylic acids is 1. The number of carbonyl (C=O) groups is 1. The molecule has 1 atom stereocenters. The Morgan fingerprint density at radius 1 is 1.24 bits per heavy atom. The third-order valence-corrected chi connectivity index (χ3v) is 7.01. The van der Waals surface area contributed by atoms with Crippen molar-refractivity contribution in [2.45, 2.75) is 17.9 Å². The number of piperazine rings is 1. The van der Waals surface area contributed by atoms with Crippen molar-refractivity contribution in [3.05, 3.63) is 23.2 Å². The summed E-state index contributed by atoms with van der Waals surface area (Å²) < 4.78 is 25.7. The van der Waals surface area contributed by atoms with E-state index >= 15 is 0 Å². The van der Waals surface area contributed by atoms with Gasteiger partial charge >= 0.3 is 0 Å². The summed E-state index contributed by atoms with van der Waals surface area (Å²) in [5, 5.41) is 2.95. The molecule has 0 aliphatic carbocycles. The maximum atomic E-state index is 12.5. The number of amides is 1. The summed E-state index contributed by atoms with van der Waals surface area (Å²) in [5.74, 6) is -0.120. The van der Waals surface area contributed by atoms with Crippen molar-refractivity contribution in [2.24, 2.45) is 0 Å². The van der Waals surface area contributed by atoms with Crippen molar-refractivity contribution in [1.29, 1.82) is 0 Å². The highest BCUT2D eigenvalue weighted by Gasteiger charge is 2.30. The minimum atomic E-state index is -3.67. The minimum Gasteiger partial charge on any atom is -0.328 e. The Balaban J connectivity index is 2.13. The summed E-state index contributed by atoms with van der Waals surface area (Å²) in [6.07, 6.45) is 0. The Kier molecular flexibility index (Phi) is 6.45. The van der Waals surface area contributed by atoms with Crippen molar-refractivity contribution < 1.29 is 23.0 Å². The highest BCUT2D eigenvalue weighted by Crippen LogP contribution is 2.26. The molecule has 25 heavy (non-hydrogen) atoms. The Labute approximate surface area is 154 Å². The number of rotatable bonds is 5. The highest BCUT2D eigenvalue weighted by molar-refractivity contribution is 7.89. The maximum Gasteiger partial charge on any atom is 0.282 e. The lowest BCUT2D eigenvalue weighted by molar-refractivity contribution is -1.01. The van der Waals surface area contributed by atoms with E-state index in [2.05, 4.69) is 12.4 Å². The molecule has 0 saturated carbocycles. The molecular formula is C16H27ClN4O3S+2. The SMILES string of the molecule is C[C@H](C(=O)Nc1ccc(Cl)c(S(=O)(=O)N(C)C)c1)[NH+]1CC[NH+](C)CC1. The number of hydrogen-bond acceptors (Lipinski definition) is 3. The minimum absolute atomic E-state index is 0.0137. The summed E-state index contributed by atoms with van der Waals surface area (Å²) in [7, 11) is 1.37. The van der Waals surface area contributed by atoms with Gasteiger partial charge in [-0.3, -0.25) is 4.79 Å². The molecule has 1 amide bonds. The van der Waals surface area contributed by atoms with Crippen LogP contribution < -0.4 is 15.1 Å². The van der Waals surface area contributed by atoms with Crippen LogP contribution in [-0.2, 0) is 14.8 Å². The van der Waals surface area contributed by atoms with Crippen LogP contribution in [0.3, 0.4) is 0 Å². The van der Waals surface area contributed by atoms with E-state index in [1.807, 2.05) is 6.92 Å². The maximum absolute atomic E-state index is 12.5. The molecule has 1 aromatic rings. The quantitative estimate of drug-likeness (QED) is 0.563. The zero-order valence-corrected chi connectivity index (χ0v) is 16.7. The van der Waals surface area contributed by atoms with Gasteiger partial charge in [-0.25, -0.2) is 12.7 Å². The molecule has 1 aromatic carbocycles. The molecule has 0 aromatic heterocycles. The van der Waals surface area contributed by atoms with Gasteiger partial charge in [0.1, 0.15) is 31.1 Å². The number of benzene rings is 1. The van der Waals surface area contributed by atoms with E-state index < -0.39 is 10.0 Å². The number of likely N-dealkylation sites (N-methyl/N-ethyl adjacent to an activating group) is 1. The molecule has 9 heteroatoms. The van der Waals surface area contributed by atoms with Crippen molar-refractivity contribution in [3.63, 3.8) is 0 Å². The molecular weight excluding hydrogens is 364 g/mol. The number of anilines is 1. The lowest BCUT2D eigenvalue weighted by Crippen LogP contribution is -3.29. The van der Waals surface area contributed by atoms with Gasteiger partial charge < -0.3 is 15.1 Å². The molecule has 1 aliphatic rings.